The van der Waals surface area contributed by atoms with E-state index in [1.807, 2.05) is 0 Å². The van der Waals surface area contributed by atoms with Gasteiger partial charge in [0, 0.05) is 13.1 Å². The fourth-order valence-corrected chi connectivity index (χ4v) is 1.90. The zero-order valence-corrected chi connectivity index (χ0v) is 13.7. The van der Waals surface area contributed by atoms with Gasteiger partial charge in [-0.1, -0.05) is 6.07 Å². The number of nitrogens with zero attached hydrogens (tertiary/aromatic N) is 1. The van der Waals surface area contributed by atoms with Gasteiger partial charge in [-0.2, -0.15) is 0 Å². The molecule has 0 aromatic heterocycles. The number of hydrogen-bond acceptors (Lipinski definition) is 4. The number of benzene rings is 2. The van der Waals surface area contributed by atoms with E-state index in [9.17, 15) is 9.18 Å². The molecule has 5 nitrogen and oxygen atoms in total. The number of carbonyl (C=O) groups excluding carboxylic acids is 1. The Morgan fingerprint density at radius 2 is 1.79 bits per heavy atom. The summed E-state index contributed by atoms with van der Waals surface area (Å²) in [6, 6.07) is 12.9. The summed E-state index contributed by atoms with van der Waals surface area (Å²) in [5.41, 5.74) is 0. The number of likely N-dealkylation sites (N-methyl/N-ethyl adjacent to an activating group) is 1. The van der Waals surface area contributed by atoms with Crippen molar-refractivity contribution in [2.24, 2.45) is 0 Å². The molecule has 2 aromatic carbocycles. The molecule has 24 heavy (non-hydrogen) atoms. The molecule has 1 amide bonds. The Labute approximate surface area is 140 Å². The molecule has 0 saturated carbocycles. The first-order valence-electron chi connectivity index (χ1n) is 7.62. The molecule has 0 bridgehead atoms. The Kier molecular flexibility index (Phi) is 6.42. The third-order valence-corrected chi connectivity index (χ3v) is 3.13. The van der Waals surface area contributed by atoms with Crippen LogP contribution in [0.15, 0.2) is 48.5 Å². The van der Waals surface area contributed by atoms with Crippen LogP contribution in [0.1, 0.15) is 6.92 Å². The second-order valence-electron chi connectivity index (χ2n) is 5.00. The standard InChI is InChI=1S/C18H20FNO4/c1-3-22-18(21)20(2)11-12-23-15-7-9-16(10-8-15)24-17-6-4-5-14(19)13-17/h4-10,13H,3,11-12H2,1-2H3. The summed E-state index contributed by atoms with van der Waals surface area (Å²) in [5, 5.41) is 0. The van der Waals surface area contributed by atoms with Crippen LogP contribution in [0.5, 0.6) is 17.2 Å². The van der Waals surface area contributed by atoms with E-state index in [1.165, 1.54) is 17.0 Å². The van der Waals surface area contributed by atoms with Crippen molar-refractivity contribution in [1.29, 1.82) is 0 Å². The van der Waals surface area contributed by atoms with Gasteiger partial charge in [0.25, 0.3) is 0 Å². The van der Waals surface area contributed by atoms with Gasteiger partial charge in [-0.15, -0.1) is 0 Å². The third kappa shape index (κ3) is 5.46. The summed E-state index contributed by atoms with van der Waals surface area (Å²) >= 11 is 0. The molecule has 2 aromatic rings. The highest BCUT2D eigenvalue weighted by Crippen LogP contribution is 2.24. The van der Waals surface area contributed by atoms with Crippen molar-refractivity contribution in [3.8, 4) is 17.2 Å². The lowest BCUT2D eigenvalue weighted by Crippen LogP contribution is -2.31. The predicted molar refractivity (Wildman–Crippen MR) is 88.1 cm³/mol. The minimum atomic E-state index is -0.375. The van der Waals surface area contributed by atoms with Gasteiger partial charge in [-0.05, 0) is 43.3 Å². The largest absolute Gasteiger partial charge is 0.492 e. The molecule has 0 aliphatic carbocycles. The van der Waals surface area contributed by atoms with E-state index in [1.54, 1.807) is 50.4 Å². The first kappa shape index (κ1) is 17.6. The zero-order valence-electron chi connectivity index (χ0n) is 13.7. The van der Waals surface area contributed by atoms with Gasteiger partial charge in [0.2, 0.25) is 0 Å². The molecule has 0 fully saturated rings. The summed E-state index contributed by atoms with van der Waals surface area (Å²) in [6.07, 6.45) is -0.375. The molecule has 2 rings (SSSR count). The molecular weight excluding hydrogens is 313 g/mol. The van der Waals surface area contributed by atoms with Crippen LogP contribution in [0.4, 0.5) is 9.18 Å². The van der Waals surface area contributed by atoms with E-state index in [-0.39, 0.29) is 11.9 Å². The van der Waals surface area contributed by atoms with Gasteiger partial charge >= 0.3 is 6.09 Å². The molecule has 0 aliphatic rings. The smallest absolute Gasteiger partial charge is 0.409 e. The van der Waals surface area contributed by atoms with Crippen molar-refractivity contribution in [2.75, 3.05) is 26.8 Å². The Hall–Kier alpha value is -2.76. The Morgan fingerprint density at radius 3 is 2.46 bits per heavy atom. The molecule has 128 valence electrons. The maximum Gasteiger partial charge on any atom is 0.409 e. The van der Waals surface area contributed by atoms with Gasteiger partial charge in [0.1, 0.15) is 29.7 Å². The SMILES string of the molecule is CCOC(=O)N(C)CCOc1ccc(Oc2cccc(F)c2)cc1. The van der Waals surface area contributed by atoms with Gasteiger partial charge in [0.05, 0.1) is 13.2 Å². The van der Waals surface area contributed by atoms with E-state index in [0.717, 1.165) is 0 Å². The van der Waals surface area contributed by atoms with E-state index in [2.05, 4.69) is 0 Å². The summed E-state index contributed by atoms with van der Waals surface area (Å²) in [6.45, 7) is 2.87. The highest BCUT2D eigenvalue weighted by Gasteiger charge is 2.08. The van der Waals surface area contributed by atoms with E-state index in [0.29, 0.717) is 37.0 Å². The topological polar surface area (TPSA) is 48.0 Å². The van der Waals surface area contributed by atoms with Crippen molar-refractivity contribution in [1.82, 2.24) is 4.90 Å². The molecule has 0 spiro atoms. The predicted octanol–water partition coefficient (Wildman–Crippen LogP) is 4.09. The fourth-order valence-electron chi connectivity index (χ4n) is 1.90. The number of hydrogen-bond donors (Lipinski definition) is 0. The third-order valence-electron chi connectivity index (χ3n) is 3.13. The average Bonchev–Trinajstić information content (AvgIpc) is 2.56. The van der Waals surface area contributed by atoms with Crippen molar-refractivity contribution < 1.29 is 23.4 Å². The minimum absolute atomic E-state index is 0.344. The van der Waals surface area contributed by atoms with Gasteiger partial charge < -0.3 is 19.1 Å². The first-order chi connectivity index (χ1) is 11.6. The highest BCUT2D eigenvalue weighted by molar-refractivity contribution is 5.67. The van der Waals surface area contributed by atoms with Crippen molar-refractivity contribution in [3.63, 3.8) is 0 Å². The number of amides is 1. The van der Waals surface area contributed by atoms with Crippen LogP contribution in [0.3, 0.4) is 0 Å². The second kappa shape index (κ2) is 8.76. The first-order valence-corrected chi connectivity index (χ1v) is 7.62. The molecule has 0 unspecified atom stereocenters. The van der Waals surface area contributed by atoms with Gasteiger partial charge in [-0.3, -0.25) is 0 Å². The average molecular weight is 333 g/mol. The van der Waals surface area contributed by atoms with Crippen LogP contribution >= 0.6 is 0 Å². The molecule has 0 aliphatic heterocycles. The molecule has 0 saturated heterocycles. The summed E-state index contributed by atoms with van der Waals surface area (Å²) in [7, 11) is 1.65. The number of ether oxygens (including phenoxy) is 3. The van der Waals surface area contributed by atoms with Crippen molar-refractivity contribution in [3.05, 3.63) is 54.3 Å². The molecule has 0 heterocycles. The molecule has 0 radical (unpaired) electrons. The summed E-state index contributed by atoms with van der Waals surface area (Å²) in [4.78, 5) is 12.9. The molecule has 0 atom stereocenters. The van der Waals surface area contributed by atoms with E-state index < -0.39 is 0 Å². The van der Waals surface area contributed by atoms with Crippen LogP contribution in [-0.2, 0) is 4.74 Å². The Bertz CT molecular complexity index is 660. The van der Waals surface area contributed by atoms with Crippen molar-refractivity contribution >= 4 is 6.09 Å². The maximum atomic E-state index is 13.1. The van der Waals surface area contributed by atoms with Crippen LogP contribution < -0.4 is 9.47 Å². The Balaban J connectivity index is 1.81. The van der Waals surface area contributed by atoms with Crippen LogP contribution in [0, 0.1) is 5.82 Å². The second-order valence-corrected chi connectivity index (χ2v) is 5.00. The summed E-state index contributed by atoms with van der Waals surface area (Å²) in [5.74, 6) is 1.31. The minimum Gasteiger partial charge on any atom is -0.492 e. The summed E-state index contributed by atoms with van der Waals surface area (Å²) < 4.78 is 29.1. The number of carbonyl (C=O) groups is 1. The fraction of sp³-hybridized carbons (Fsp3) is 0.278. The zero-order chi connectivity index (χ0) is 17.4. The molecule has 6 heteroatoms. The lowest BCUT2D eigenvalue weighted by atomic mass is 10.3. The van der Waals surface area contributed by atoms with Crippen LogP contribution in [0.2, 0.25) is 0 Å². The molecule has 0 N–H and O–H groups in total. The van der Waals surface area contributed by atoms with Crippen LogP contribution in [0.25, 0.3) is 0 Å². The number of halogens is 1. The number of rotatable bonds is 7. The highest BCUT2D eigenvalue weighted by atomic mass is 19.1. The van der Waals surface area contributed by atoms with Gasteiger partial charge in [-0.25, -0.2) is 9.18 Å². The monoisotopic (exact) mass is 333 g/mol. The van der Waals surface area contributed by atoms with Crippen LogP contribution in [-0.4, -0.2) is 37.8 Å². The van der Waals surface area contributed by atoms with E-state index in [4.69, 9.17) is 14.2 Å². The normalized spacial score (nSPS) is 10.1. The lowest BCUT2D eigenvalue weighted by Gasteiger charge is -2.16. The van der Waals surface area contributed by atoms with Gasteiger partial charge in [0.15, 0.2) is 0 Å². The maximum absolute atomic E-state index is 13.1. The van der Waals surface area contributed by atoms with Crippen molar-refractivity contribution in [2.45, 2.75) is 6.92 Å². The quantitative estimate of drug-likeness (QED) is 0.766. The van der Waals surface area contributed by atoms with E-state index >= 15 is 0 Å². The Morgan fingerprint density at radius 1 is 1.08 bits per heavy atom. The lowest BCUT2D eigenvalue weighted by molar-refractivity contribution is 0.110. The molecular formula is C18H20FNO4.